The Hall–Kier alpha value is -2.31. The van der Waals surface area contributed by atoms with Crippen LogP contribution in [0.5, 0.6) is 0 Å². The van der Waals surface area contributed by atoms with Crippen LogP contribution >= 0.6 is 0 Å². The molecule has 2 aromatic rings. The van der Waals surface area contributed by atoms with Gasteiger partial charge in [0.25, 0.3) is 5.56 Å². The SMILES string of the molecule is Cc1cc(=O)n2[nH]c([C@@H]3CCCCN3C(=O)O)cc2n1. The summed E-state index contributed by atoms with van der Waals surface area (Å²) in [6.07, 6.45) is 1.68. The Bertz CT molecular complexity index is 718. The molecule has 1 aliphatic heterocycles. The smallest absolute Gasteiger partial charge is 0.407 e. The first-order valence-corrected chi connectivity index (χ1v) is 6.65. The molecule has 0 aromatic carbocycles. The molecule has 3 rings (SSSR count). The Morgan fingerprint density at radius 1 is 1.45 bits per heavy atom. The molecule has 0 aliphatic carbocycles. The molecule has 2 aromatic heterocycles. The molecule has 1 fully saturated rings. The average molecular weight is 276 g/mol. The molecule has 0 radical (unpaired) electrons. The lowest BCUT2D eigenvalue weighted by Crippen LogP contribution is -2.37. The number of hydrogen-bond donors (Lipinski definition) is 2. The van der Waals surface area contributed by atoms with Gasteiger partial charge < -0.3 is 5.11 Å². The largest absolute Gasteiger partial charge is 0.465 e. The molecule has 0 spiro atoms. The number of nitrogens with zero attached hydrogens (tertiary/aromatic N) is 3. The van der Waals surface area contributed by atoms with Crippen LogP contribution in [0.25, 0.3) is 5.65 Å². The third-order valence-corrected chi connectivity index (χ3v) is 3.71. The highest BCUT2D eigenvalue weighted by molar-refractivity contribution is 5.66. The second-order valence-electron chi connectivity index (χ2n) is 5.13. The van der Waals surface area contributed by atoms with Crippen molar-refractivity contribution in [1.29, 1.82) is 0 Å². The standard InChI is InChI=1S/C13H16N4O3/c1-8-6-12(18)17-11(14-8)7-9(15-17)10-4-2-3-5-16(10)13(19)20/h6-7,10,15H,2-5H2,1H3,(H,19,20)/t10-/m0/s1. The first-order valence-electron chi connectivity index (χ1n) is 6.65. The molecule has 0 bridgehead atoms. The Morgan fingerprint density at radius 3 is 3.00 bits per heavy atom. The molecular weight excluding hydrogens is 260 g/mol. The lowest BCUT2D eigenvalue weighted by Gasteiger charge is -2.32. The fraction of sp³-hybridized carbons (Fsp3) is 0.462. The summed E-state index contributed by atoms with van der Waals surface area (Å²) in [5.41, 5.74) is 1.72. The second-order valence-corrected chi connectivity index (χ2v) is 5.13. The van der Waals surface area contributed by atoms with Gasteiger partial charge in [0.15, 0.2) is 5.65 Å². The highest BCUT2D eigenvalue weighted by Crippen LogP contribution is 2.30. The van der Waals surface area contributed by atoms with Crippen LogP contribution in [0, 0.1) is 6.92 Å². The number of hydrogen-bond acceptors (Lipinski definition) is 3. The van der Waals surface area contributed by atoms with Gasteiger partial charge in [-0.15, -0.1) is 0 Å². The predicted octanol–water partition coefficient (Wildman–Crippen LogP) is 1.54. The molecule has 20 heavy (non-hydrogen) atoms. The molecule has 1 saturated heterocycles. The molecule has 106 valence electrons. The van der Waals surface area contributed by atoms with E-state index < -0.39 is 6.09 Å². The lowest BCUT2D eigenvalue weighted by molar-refractivity contribution is 0.105. The van der Waals surface area contributed by atoms with Gasteiger partial charge in [-0.2, -0.15) is 0 Å². The van der Waals surface area contributed by atoms with Gasteiger partial charge in [-0.25, -0.2) is 14.3 Å². The molecule has 3 heterocycles. The Balaban J connectivity index is 2.07. The van der Waals surface area contributed by atoms with Gasteiger partial charge in [-0.05, 0) is 26.2 Å². The van der Waals surface area contributed by atoms with Crippen molar-refractivity contribution >= 4 is 11.7 Å². The zero-order valence-corrected chi connectivity index (χ0v) is 11.2. The number of amides is 1. The van der Waals surface area contributed by atoms with Crippen LogP contribution in [-0.4, -0.2) is 37.2 Å². The quantitative estimate of drug-likeness (QED) is 0.826. The van der Waals surface area contributed by atoms with Gasteiger partial charge in [0.2, 0.25) is 0 Å². The van der Waals surface area contributed by atoms with Gasteiger partial charge >= 0.3 is 6.09 Å². The fourth-order valence-electron chi connectivity index (χ4n) is 2.78. The molecule has 7 heteroatoms. The number of carbonyl (C=O) groups is 1. The number of aromatic amines is 1. The zero-order chi connectivity index (χ0) is 14.3. The van der Waals surface area contributed by atoms with Crippen LogP contribution in [0.1, 0.15) is 36.7 Å². The molecule has 7 nitrogen and oxygen atoms in total. The summed E-state index contributed by atoms with van der Waals surface area (Å²) in [4.78, 5) is 28.9. The summed E-state index contributed by atoms with van der Waals surface area (Å²) in [6.45, 7) is 2.29. The van der Waals surface area contributed by atoms with E-state index in [4.69, 9.17) is 0 Å². The maximum Gasteiger partial charge on any atom is 0.407 e. The minimum atomic E-state index is -0.926. The summed E-state index contributed by atoms with van der Waals surface area (Å²) in [7, 11) is 0. The maximum absolute atomic E-state index is 11.9. The first kappa shape index (κ1) is 12.7. The van der Waals surface area contributed by atoms with E-state index in [1.54, 1.807) is 13.0 Å². The van der Waals surface area contributed by atoms with Gasteiger partial charge in [-0.1, -0.05) is 0 Å². The number of H-pyrrole nitrogens is 1. The number of fused-ring (bicyclic) bond motifs is 1. The third kappa shape index (κ3) is 2.04. The van der Waals surface area contributed by atoms with Gasteiger partial charge in [0, 0.05) is 24.4 Å². The molecule has 2 N–H and O–H groups in total. The Labute approximate surface area is 114 Å². The van der Waals surface area contributed by atoms with Crippen LogP contribution in [0.3, 0.4) is 0 Å². The van der Waals surface area contributed by atoms with Crippen molar-refractivity contribution in [1.82, 2.24) is 19.5 Å². The van der Waals surface area contributed by atoms with Crippen molar-refractivity contribution in [2.75, 3.05) is 6.54 Å². The average Bonchev–Trinajstić information content (AvgIpc) is 2.82. The molecule has 1 atom stereocenters. The molecule has 1 aliphatic rings. The zero-order valence-electron chi connectivity index (χ0n) is 11.2. The summed E-state index contributed by atoms with van der Waals surface area (Å²) >= 11 is 0. The highest BCUT2D eigenvalue weighted by Gasteiger charge is 2.29. The summed E-state index contributed by atoms with van der Waals surface area (Å²) in [6, 6.07) is 2.98. The number of aromatic nitrogens is 3. The number of aryl methyl sites for hydroxylation is 1. The van der Waals surface area contributed by atoms with E-state index in [0.717, 1.165) is 25.0 Å². The van der Waals surface area contributed by atoms with Gasteiger partial charge in [-0.3, -0.25) is 14.8 Å². The topological polar surface area (TPSA) is 90.7 Å². The van der Waals surface area contributed by atoms with Gasteiger partial charge in [0.1, 0.15) is 0 Å². The molecule has 0 unspecified atom stereocenters. The summed E-state index contributed by atoms with van der Waals surface area (Å²) in [5.74, 6) is 0. The van der Waals surface area contributed by atoms with E-state index in [9.17, 15) is 14.7 Å². The van der Waals surface area contributed by atoms with Crippen molar-refractivity contribution in [3.8, 4) is 0 Å². The Kier molecular flexibility index (Phi) is 2.96. The van der Waals surface area contributed by atoms with Crippen molar-refractivity contribution in [3.05, 3.63) is 33.9 Å². The van der Waals surface area contributed by atoms with E-state index in [1.807, 2.05) is 0 Å². The fourth-order valence-corrected chi connectivity index (χ4v) is 2.78. The molecule has 1 amide bonds. The van der Waals surface area contributed by atoms with Crippen LogP contribution < -0.4 is 5.56 Å². The number of piperidine rings is 1. The van der Waals surface area contributed by atoms with Gasteiger partial charge in [0.05, 0.1) is 11.7 Å². The number of rotatable bonds is 1. The number of carboxylic acid groups (broad SMARTS) is 1. The lowest BCUT2D eigenvalue weighted by atomic mass is 10.00. The van der Waals surface area contributed by atoms with Crippen LogP contribution in [0.2, 0.25) is 0 Å². The van der Waals surface area contributed by atoms with E-state index in [0.29, 0.717) is 17.9 Å². The summed E-state index contributed by atoms with van der Waals surface area (Å²) < 4.78 is 1.36. The first-order chi connectivity index (χ1) is 9.56. The van der Waals surface area contributed by atoms with Crippen molar-refractivity contribution in [3.63, 3.8) is 0 Å². The predicted molar refractivity (Wildman–Crippen MR) is 71.9 cm³/mol. The van der Waals surface area contributed by atoms with E-state index in [1.165, 1.54) is 15.5 Å². The number of nitrogens with one attached hydrogen (secondary N) is 1. The van der Waals surface area contributed by atoms with Crippen LogP contribution in [0.4, 0.5) is 4.79 Å². The molecular formula is C13H16N4O3. The van der Waals surface area contributed by atoms with Crippen LogP contribution in [-0.2, 0) is 0 Å². The van der Waals surface area contributed by atoms with E-state index in [2.05, 4.69) is 10.1 Å². The van der Waals surface area contributed by atoms with Crippen molar-refractivity contribution < 1.29 is 9.90 Å². The van der Waals surface area contributed by atoms with Crippen LogP contribution in [0.15, 0.2) is 16.9 Å². The highest BCUT2D eigenvalue weighted by atomic mass is 16.4. The minimum absolute atomic E-state index is 0.184. The Morgan fingerprint density at radius 2 is 2.25 bits per heavy atom. The second kappa shape index (κ2) is 4.66. The van der Waals surface area contributed by atoms with E-state index >= 15 is 0 Å². The normalized spacial score (nSPS) is 19.4. The third-order valence-electron chi connectivity index (χ3n) is 3.71. The van der Waals surface area contributed by atoms with Crippen molar-refractivity contribution in [2.24, 2.45) is 0 Å². The van der Waals surface area contributed by atoms with E-state index in [-0.39, 0.29) is 11.6 Å². The van der Waals surface area contributed by atoms with Crippen molar-refractivity contribution in [2.45, 2.75) is 32.2 Å². The summed E-state index contributed by atoms with van der Waals surface area (Å²) in [5, 5.41) is 12.3. The monoisotopic (exact) mass is 276 g/mol. The minimum Gasteiger partial charge on any atom is -0.465 e. The number of likely N-dealkylation sites (tertiary alicyclic amines) is 1. The molecule has 0 saturated carbocycles. The maximum atomic E-state index is 11.9.